The number of amides is 3. The minimum Gasteiger partial charge on any atom is -0.481 e. The SMILES string of the molecule is O=C(O)CC(NC(=O)c1ccc(N2CCCN(C(=O)c3cccs3)CC2)c(NC(=O)OCc2ccccc2)c1)c1cccnc1. The maximum absolute atomic E-state index is 13.4. The number of carboxylic acids is 1. The molecule has 1 fully saturated rings. The highest BCUT2D eigenvalue weighted by Crippen LogP contribution is 2.30. The van der Waals surface area contributed by atoms with E-state index in [4.69, 9.17) is 4.74 Å². The minimum absolute atomic E-state index is 0.00811. The number of pyridine rings is 1. The molecule has 3 amide bonds. The van der Waals surface area contributed by atoms with Crippen LogP contribution in [-0.4, -0.2) is 65.0 Å². The fourth-order valence-corrected chi connectivity index (χ4v) is 5.78. The van der Waals surface area contributed by atoms with Crippen molar-refractivity contribution in [3.8, 4) is 0 Å². The highest BCUT2D eigenvalue weighted by molar-refractivity contribution is 7.12. The second-order valence-electron chi connectivity index (χ2n) is 10.4. The van der Waals surface area contributed by atoms with E-state index in [1.807, 2.05) is 52.7 Å². The molecule has 4 aromatic rings. The Morgan fingerprint density at radius 1 is 0.956 bits per heavy atom. The molecular weight excluding hydrogens is 594 g/mol. The summed E-state index contributed by atoms with van der Waals surface area (Å²) in [5, 5.41) is 16.9. The van der Waals surface area contributed by atoms with E-state index in [-0.39, 0.29) is 24.5 Å². The predicted molar refractivity (Wildman–Crippen MR) is 170 cm³/mol. The summed E-state index contributed by atoms with van der Waals surface area (Å²) in [4.78, 5) is 59.5. The van der Waals surface area contributed by atoms with Crippen molar-refractivity contribution in [1.29, 1.82) is 0 Å². The van der Waals surface area contributed by atoms with Gasteiger partial charge in [-0.15, -0.1) is 11.3 Å². The lowest BCUT2D eigenvalue weighted by atomic mass is 10.0. The average Bonchev–Trinajstić information content (AvgIpc) is 3.49. The lowest BCUT2D eigenvalue weighted by Gasteiger charge is -2.26. The Kier molecular flexibility index (Phi) is 10.4. The Bertz CT molecular complexity index is 1620. The van der Waals surface area contributed by atoms with E-state index >= 15 is 0 Å². The second-order valence-corrected chi connectivity index (χ2v) is 11.4. The molecule has 3 heterocycles. The van der Waals surface area contributed by atoms with Gasteiger partial charge in [0.2, 0.25) is 0 Å². The van der Waals surface area contributed by atoms with E-state index in [0.717, 1.165) is 5.56 Å². The standard InChI is InChI=1S/C33H33N5O6S/c39-30(40)20-26(25-9-4-13-34-21-25)35-31(41)24-11-12-28(27(19-24)36-33(43)44-22-23-7-2-1-3-8-23)37-14-6-15-38(17-16-37)32(42)29-10-5-18-45-29/h1-5,7-13,18-19,21,26H,6,14-17,20,22H2,(H,35,41)(H,36,43)(H,39,40). The van der Waals surface area contributed by atoms with Crippen LogP contribution in [0.1, 0.15) is 50.0 Å². The Balaban J connectivity index is 1.36. The lowest BCUT2D eigenvalue weighted by molar-refractivity contribution is -0.137. The van der Waals surface area contributed by atoms with E-state index < -0.39 is 24.0 Å². The third-order valence-electron chi connectivity index (χ3n) is 7.33. The van der Waals surface area contributed by atoms with Gasteiger partial charge in [-0.2, -0.15) is 0 Å². The summed E-state index contributed by atoms with van der Waals surface area (Å²) in [5.74, 6) is -1.59. The molecule has 0 radical (unpaired) electrons. The molecule has 1 aliphatic heterocycles. The van der Waals surface area contributed by atoms with Crippen molar-refractivity contribution in [1.82, 2.24) is 15.2 Å². The zero-order chi connectivity index (χ0) is 31.6. The second kappa shape index (κ2) is 15.0. The number of carboxylic acid groups (broad SMARTS) is 1. The van der Waals surface area contributed by atoms with E-state index in [1.54, 1.807) is 36.5 Å². The van der Waals surface area contributed by atoms with Crippen molar-refractivity contribution in [3.05, 3.63) is 112 Å². The summed E-state index contributed by atoms with van der Waals surface area (Å²) >= 11 is 1.41. The molecule has 1 atom stereocenters. The number of aromatic nitrogens is 1. The van der Waals surface area contributed by atoms with Crippen LogP contribution >= 0.6 is 11.3 Å². The first-order valence-corrected chi connectivity index (χ1v) is 15.4. The lowest BCUT2D eigenvalue weighted by Crippen LogP contribution is -2.35. The van der Waals surface area contributed by atoms with Gasteiger partial charge >= 0.3 is 12.1 Å². The van der Waals surface area contributed by atoms with Gasteiger partial charge in [0.1, 0.15) is 6.61 Å². The van der Waals surface area contributed by atoms with Gasteiger partial charge in [0.25, 0.3) is 11.8 Å². The summed E-state index contributed by atoms with van der Waals surface area (Å²) < 4.78 is 5.46. The minimum atomic E-state index is -1.07. The number of thiophene rings is 1. The Morgan fingerprint density at radius 3 is 2.53 bits per heavy atom. The maximum Gasteiger partial charge on any atom is 0.412 e. The van der Waals surface area contributed by atoms with Gasteiger partial charge in [-0.3, -0.25) is 24.7 Å². The highest BCUT2D eigenvalue weighted by Gasteiger charge is 2.25. The number of carbonyl (C=O) groups excluding carboxylic acids is 3. The van der Waals surface area contributed by atoms with Gasteiger partial charge in [-0.25, -0.2) is 4.79 Å². The molecule has 1 unspecified atom stereocenters. The topological polar surface area (TPSA) is 141 Å². The van der Waals surface area contributed by atoms with E-state index in [9.17, 15) is 24.3 Å². The third-order valence-corrected chi connectivity index (χ3v) is 8.19. The Morgan fingerprint density at radius 2 is 1.80 bits per heavy atom. The van der Waals surface area contributed by atoms with E-state index in [2.05, 4.69) is 20.5 Å². The molecule has 5 rings (SSSR count). The molecule has 45 heavy (non-hydrogen) atoms. The average molecular weight is 628 g/mol. The number of anilines is 2. The van der Waals surface area contributed by atoms with Crippen LogP contribution in [0.15, 0.2) is 90.6 Å². The number of carbonyl (C=O) groups is 4. The van der Waals surface area contributed by atoms with Crippen molar-refractivity contribution in [2.75, 3.05) is 36.4 Å². The monoisotopic (exact) mass is 627 g/mol. The van der Waals surface area contributed by atoms with Gasteiger partial charge in [0, 0.05) is 44.1 Å². The normalized spacial score (nSPS) is 13.8. The molecule has 0 bridgehead atoms. The fourth-order valence-electron chi connectivity index (χ4n) is 5.09. The highest BCUT2D eigenvalue weighted by atomic mass is 32.1. The molecule has 2 aromatic carbocycles. The van der Waals surface area contributed by atoms with E-state index in [0.29, 0.717) is 54.4 Å². The first kappa shape index (κ1) is 31.2. The predicted octanol–water partition coefficient (Wildman–Crippen LogP) is 5.19. The quantitative estimate of drug-likeness (QED) is 0.218. The van der Waals surface area contributed by atoms with Crippen molar-refractivity contribution in [2.45, 2.75) is 25.5 Å². The summed E-state index contributed by atoms with van der Waals surface area (Å²) in [5.41, 5.74) is 2.63. The zero-order valence-corrected chi connectivity index (χ0v) is 25.2. The van der Waals surface area contributed by atoms with Gasteiger partial charge in [0.15, 0.2) is 0 Å². The molecule has 2 aromatic heterocycles. The third kappa shape index (κ3) is 8.45. The molecule has 232 valence electrons. The number of benzene rings is 2. The Hall–Kier alpha value is -5.23. The molecule has 0 aliphatic carbocycles. The van der Waals surface area contributed by atoms with Gasteiger partial charge in [-0.1, -0.05) is 42.5 Å². The molecule has 0 saturated carbocycles. The molecule has 1 saturated heterocycles. The molecule has 1 aliphatic rings. The van der Waals surface area contributed by atoms with Gasteiger partial charge in [-0.05, 0) is 53.3 Å². The number of hydrogen-bond acceptors (Lipinski definition) is 8. The van der Waals surface area contributed by atoms with Gasteiger partial charge < -0.3 is 25.0 Å². The van der Waals surface area contributed by atoms with Crippen LogP contribution in [0.3, 0.4) is 0 Å². The van der Waals surface area contributed by atoms with Crippen LogP contribution in [-0.2, 0) is 16.1 Å². The fraction of sp³-hybridized carbons (Fsp3) is 0.242. The zero-order valence-electron chi connectivity index (χ0n) is 24.4. The van der Waals surface area contributed by atoms with Crippen LogP contribution < -0.4 is 15.5 Å². The van der Waals surface area contributed by atoms with Crippen LogP contribution in [0.2, 0.25) is 0 Å². The van der Waals surface area contributed by atoms with Crippen molar-refractivity contribution in [3.63, 3.8) is 0 Å². The van der Waals surface area contributed by atoms with Crippen molar-refractivity contribution in [2.24, 2.45) is 0 Å². The summed E-state index contributed by atoms with van der Waals surface area (Å²) in [6.45, 7) is 2.27. The molecule has 12 heteroatoms. The number of hydrogen-bond donors (Lipinski definition) is 3. The number of nitrogens with one attached hydrogen (secondary N) is 2. The van der Waals surface area contributed by atoms with Crippen molar-refractivity contribution < 1.29 is 29.0 Å². The van der Waals surface area contributed by atoms with E-state index in [1.165, 1.54) is 17.5 Å². The first-order valence-electron chi connectivity index (χ1n) is 14.5. The molecule has 3 N–H and O–H groups in total. The first-order chi connectivity index (χ1) is 21.9. The van der Waals surface area contributed by atoms with Crippen LogP contribution in [0, 0.1) is 0 Å². The van der Waals surface area contributed by atoms with Crippen LogP contribution in [0.25, 0.3) is 0 Å². The van der Waals surface area contributed by atoms with Crippen LogP contribution in [0.4, 0.5) is 16.2 Å². The molecular formula is C33H33N5O6S. The Labute approximate surface area is 264 Å². The number of aliphatic carboxylic acids is 1. The number of rotatable bonds is 10. The largest absolute Gasteiger partial charge is 0.481 e. The number of ether oxygens (including phenoxy) is 1. The number of nitrogens with zero attached hydrogens (tertiary/aromatic N) is 3. The molecule has 0 spiro atoms. The molecule has 11 nitrogen and oxygen atoms in total. The smallest absolute Gasteiger partial charge is 0.412 e. The van der Waals surface area contributed by atoms with Crippen molar-refractivity contribution >= 4 is 46.6 Å². The van der Waals surface area contributed by atoms with Crippen LogP contribution in [0.5, 0.6) is 0 Å². The summed E-state index contributed by atoms with van der Waals surface area (Å²) in [6.07, 6.45) is 2.76. The van der Waals surface area contributed by atoms with Gasteiger partial charge in [0.05, 0.1) is 28.7 Å². The summed E-state index contributed by atoms with van der Waals surface area (Å²) in [6, 6.07) is 20.4. The summed E-state index contributed by atoms with van der Waals surface area (Å²) in [7, 11) is 0. The maximum atomic E-state index is 13.4.